The van der Waals surface area contributed by atoms with Crippen LogP contribution in [0.2, 0.25) is 13.1 Å². The Morgan fingerprint density at radius 3 is 2.57 bits per heavy atom. The molecule has 0 N–H and O–H groups in total. The molecule has 0 atom stereocenters. The molecule has 0 saturated heterocycles. The van der Waals surface area contributed by atoms with Crippen LogP contribution in [0.5, 0.6) is 0 Å². The molecule has 0 radical (unpaired) electrons. The van der Waals surface area contributed by atoms with Gasteiger partial charge in [-0.2, -0.15) is 0 Å². The molecule has 3 rings (SSSR count). The molecule has 14 heavy (non-hydrogen) atoms. The summed E-state index contributed by atoms with van der Waals surface area (Å²) in [5.41, 5.74) is 1.60. The van der Waals surface area contributed by atoms with Crippen molar-refractivity contribution in [1.29, 1.82) is 0 Å². The van der Waals surface area contributed by atoms with Crippen molar-refractivity contribution in [1.82, 2.24) is 0 Å². The molecular formula is C13H14Si. The van der Waals surface area contributed by atoms with Crippen LogP contribution in [-0.2, 0) is 6.04 Å². The van der Waals surface area contributed by atoms with E-state index in [-0.39, 0.29) is 0 Å². The Morgan fingerprint density at radius 1 is 1.00 bits per heavy atom. The first-order valence-electron chi connectivity index (χ1n) is 5.20. The lowest BCUT2D eigenvalue weighted by Gasteiger charge is -2.37. The van der Waals surface area contributed by atoms with Crippen LogP contribution in [0.25, 0.3) is 10.8 Å². The maximum absolute atomic E-state index is 2.47. The highest BCUT2D eigenvalue weighted by Gasteiger charge is 2.37. The monoisotopic (exact) mass is 198 g/mol. The minimum absolute atomic E-state index is 1.04. The highest BCUT2D eigenvalue weighted by atomic mass is 28.3. The van der Waals surface area contributed by atoms with Crippen LogP contribution < -0.4 is 5.19 Å². The number of hydrogen-bond donors (Lipinski definition) is 0. The summed E-state index contributed by atoms with van der Waals surface area (Å²) in [6.45, 7) is 4.95. The summed E-state index contributed by atoms with van der Waals surface area (Å²) in [5.74, 6) is 0. The average molecular weight is 198 g/mol. The highest BCUT2D eigenvalue weighted by Crippen LogP contribution is 2.28. The van der Waals surface area contributed by atoms with Gasteiger partial charge in [0.1, 0.15) is 0 Å². The summed E-state index contributed by atoms with van der Waals surface area (Å²) in [4.78, 5) is 0. The van der Waals surface area contributed by atoms with Gasteiger partial charge in [0.25, 0.3) is 0 Å². The second-order valence-electron chi connectivity index (χ2n) is 4.88. The Hall–Kier alpha value is -1.08. The molecule has 0 aliphatic carbocycles. The number of rotatable bonds is 0. The Bertz CT molecular complexity index is 512. The number of hydrogen-bond acceptors (Lipinski definition) is 0. The fraction of sp³-hybridized carbons (Fsp3) is 0.231. The van der Waals surface area contributed by atoms with Crippen LogP contribution in [0.1, 0.15) is 5.56 Å². The van der Waals surface area contributed by atoms with E-state index >= 15 is 0 Å². The first-order valence-corrected chi connectivity index (χ1v) is 8.40. The van der Waals surface area contributed by atoms with Crippen LogP contribution in [0.4, 0.5) is 0 Å². The molecule has 0 nitrogen and oxygen atoms in total. The second-order valence-corrected chi connectivity index (χ2v) is 9.50. The van der Waals surface area contributed by atoms with E-state index in [1.165, 1.54) is 16.8 Å². The maximum atomic E-state index is 2.47. The molecule has 0 bridgehead atoms. The average Bonchev–Trinajstić information content (AvgIpc) is 2.15. The Kier molecular flexibility index (Phi) is 1.46. The number of fused-ring (bicyclic) bond motifs is 3. The lowest BCUT2D eigenvalue weighted by atomic mass is 10.1. The summed E-state index contributed by atoms with van der Waals surface area (Å²) in [6, 6.07) is 14.7. The lowest BCUT2D eigenvalue weighted by molar-refractivity contribution is 1.28. The van der Waals surface area contributed by atoms with E-state index in [0.29, 0.717) is 0 Å². The maximum Gasteiger partial charge on any atom is 0.0860 e. The summed E-state index contributed by atoms with van der Waals surface area (Å²) >= 11 is 0. The zero-order valence-electron chi connectivity index (χ0n) is 8.67. The molecule has 2 aromatic carbocycles. The van der Waals surface area contributed by atoms with Crippen molar-refractivity contribution in [3.8, 4) is 0 Å². The highest BCUT2D eigenvalue weighted by molar-refractivity contribution is 6.95. The van der Waals surface area contributed by atoms with Crippen molar-refractivity contribution >= 4 is 24.0 Å². The van der Waals surface area contributed by atoms with E-state index in [1.807, 2.05) is 0 Å². The lowest BCUT2D eigenvalue weighted by Crippen LogP contribution is -2.56. The molecule has 1 aliphatic heterocycles. The van der Waals surface area contributed by atoms with Crippen molar-refractivity contribution in [2.24, 2.45) is 0 Å². The fourth-order valence-electron chi connectivity index (χ4n) is 2.72. The van der Waals surface area contributed by atoms with Gasteiger partial charge in [-0.3, -0.25) is 0 Å². The van der Waals surface area contributed by atoms with Gasteiger partial charge in [0, 0.05) is 0 Å². The molecule has 0 spiro atoms. The molecule has 0 aromatic heterocycles. The summed E-state index contributed by atoms with van der Waals surface area (Å²) in [6.07, 6.45) is 0. The van der Waals surface area contributed by atoms with Gasteiger partial charge >= 0.3 is 0 Å². The standard InChI is InChI=1S/C13H14Si/c1-14(2)9-11-8-7-10-5-3-4-6-12(10)13(11)14/h3-8H,9H2,1-2H3. The van der Waals surface area contributed by atoms with Crippen LogP contribution in [0, 0.1) is 0 Å². The normalized spacial score (nSPS) is 17.6. The molecule has 0 saturated carbocycles. The van der Waals surface area contributed by atoms with E-state index < -0.39 is 8.07 Å². The van der Waals surface area contributed by atoms with E-state index in [1.54, 1.807) is 10.8 Å². The van der Waals surface area contributed by atoms with Crippen molar-refractivity contribution in [3.05, 3.63) is 42.0 Å². The first kappa shape index (κ1) is 8.24. The fourth-order valence-corrected chi connectivity index (χ4v) is 5.84. The van der Waals surface area contributed by atoms with Crippen molar-refractivity contribution in [2.45, 2.75) is 19.1 Å². The van der Waals surface area contributed by atoms with Gasteiger partial charge in [-0.15, -0.1) is 0 Å². The summed E-state index contributed by atoms with van der Waals surface area (Å²) in [7, 11) is -1.04. The van der Waals surface area contributed by atoms with Crippen LogP contribution in [0.15, 0.2) is 36.4 Å². The van der Waals surface area contributed by atoms with Gasteiger partial charge < -0.3 is 0 Å². The first-order chi connectivity index (χ1) is 6.68. The van der Waals surface area contributed by atoms with Crippen LogP contribution in [-0.4, -0.2) is 8.07 Å². The largest absolute Gasteiger partial charge is 0.0860 e. The molecule has 1 heterocycles. The van der Waals surface area contributed by atoms with E-state index in [0.717, 1.165) is 0 Å². The van der Waals surface area contributed by atoms with Crippen molar-refractivity contribution in [3.63, 3.8) is 0 Å². The third-order valence-corrected chi connectivity index (χ3v) is 6.53. The third-order valence-electron chi connectivity index (χ3n) is 3.32. The van der Waals surface area contributed by atoms with E-state index in [9.17, 15) is 0 Å². The van der Waals surface area contributed by atoms with Gasteiger partial charge in [-0.25, -0.2) is 0 Å². The topological polar surface area (TPSA) is 0 Å². The van der Waals surface area contributed by atoms with Gasteiger partial charge in [0.2, 0.25) is 0 Å². The molecule has 1 heteroatoms. The van der Waals surface area contributed by atoms with Gasteiger partial charge in [0.15, 0.2) is 0 Å². The zero-order chi connectivity index (χ0) is 9.76. The SMILES string of the molecule is C[Si]1(C)Cc2ccc3ccccc3c21. The summed E-state index contributed by atoms with van der Waals surface area (Å²) in [5, 5.41) is 4.62. The van der Waals surface area contributed by atoms with Gasteiger partial charge in [0.05, 0.1) is 8.07 Å². The van der Waals surface area contributed by atoms with E-state index in [4.69, 9.17) is 0 Å². The quantitative estimate of drug-likeness (QED) is 0.571. The molecule has 70 valence electrons. The number of benzene rings is 2. The molecule has 2 aromatic rings. The molecule has 0 amide bonds. The van der Waals surface area contributed by atoms with Crippen molar-refractivity contribution in [2.75, 3.05) is 0 Å². The van der Waals surface area contributed by atoms with Crippen molar-refractivity contribution < 1.29 is 0 Å². The minimum Gasteiger partial charge on any atom is -0.0652 e. The Balaban J connectivity index is 2.43. The van der Waals surface area contributed by atoms with E-state index in [2.05, 4.69) is 49.5 Å². The smallest absolute Gasteiger partial charge is 0.0652 e. The molecule has 0 unspecified atom stereocenters. The third kappa shape index (κ3) is 0.933. The Labute approximate surface area is 85.6 Å². The van der Waals surface area contributed by atoms with Crippen LogP contribution in [0.3, 0.4) is 0 Å². The minimum atomic E-state index is -1.04. The molecule has 1 aliphatic rings. The zero-order valence-corrected chi connectivity index (χ0v) is 9.67. The van der Waals surface area contributed by atoms with Gasteiger partial charge in [-0.05, 0) is 22.0 Å². The Morgan fingerprint density at radius 2 is 1.79 bits per heavy atom. The molecular weight excluding hydrogens is 184 g/mol. The predicted molar refractivity (Wildman–Crippen MR) is 64.8 cm³/mol. The predicted octanol–water partition coefficient (Wildman–Crippen LogP) is 2.85. The van der Waals surface area contributed by atoms with Crippen LogP contribution >= 0.6 is 0 Å². The molecule has 0 fully saturated rings. The summed E-state index contributed by atoms with van der Waals surface area (Å²) < 4.78 is 0. The second kappa shape index (κ2) is 2.48. The van der Waals surface area contributed by atoms with Gasteiger partial charge in [-0.1, -0.05) is 55.1 Å².